The fourth-order valence-electron chi connectivity index (χ4n) is 2.85. The molecule has 2 aliphatic carbocycles. The zero-order valence-corrected chi connectivity index (χ0v) is 11.0. The number of halogens is 3. The van der Waals surface area contributed by atoms with Crippen molar-refractivity contribution in [3.8, 4) is 0 Å². The first kappa shape index (κ1) is 14.6. The van der Waals surface area contributed by atoms with Crippen molar-refractivity contribution < 1.29 is 18.0 Å². The van der Waals surface area contributed by atoms with E-state index in [9.17, 15) is 18.0 Å². The highest BCUT2D eigenvalue weighted by molar-refractivity contribution is 5.79. The number of hydrogen-bond donors (Lipinski definition) is 1. The average molecular weight is 278 g/mol. The van der Waals surface area contributed by atoms with Gasteiger partial charge in [0.2, 0.25) is 5.91 Å². The van der Waals surface area contributed by atoms with Crippen molar-refractivity contribution in [2.45, 2.75) is 50.7 Å². The van der Waals surface area contributed by atoms with Gasteiger partial charge in [-0.2, -0.15) is 13.2 Å². The predicted molar refractivity (Wildman–Crippen MR) is 65.3 cm³/mol. The van der Waals surface area contributed by atoms with Crippen molar-refractivity contribution in [2.24, 2.45) is 17.6 Å². The normalized spacial score (nSPS) is 28.2. The van der Waals surface area contributed by atoms with Crippen LogP contribution in [0, 0.1) is 11.8 Å². The third-order valence-corrected chi connectivity index (χ3v) is 4.15. The maximum Gasteiger partial charge on any atom is 0.406 e. The van der Waals surface area contributed by atoms with Crippen molar-refractivity contribution in [1.29, 1.82) is 0 Å². The molecule has 0 saturated heterocycles. The molecule has 2 saturated carbocycles. The van der Waals surface area contributed by atoms with Gasteiger partial charge >= 0.3 is 6.18 Å². The summed E-state index contributed by atoms with van der Waals surface area (Å²) >= 11 is 0. The Morgan fingerprint density at radius 2 is 1.68 bits per heavy atom. The zero-order chi connectivity index (χ0) is 14.0. The Balaban J connectivity index is 1.92. The highest BCUT2D eigenvalue weighted by Crippen LogP contribution is 2.35. The molecule has 0 aromatic carbocycles. The largest absolute Gasteiger partial charge is 0.406 e. The molecule has 0 aromatic heterocycles. The summed E-state index contributed by atoms with van der Waals surface area (Å²) in [5, 5.41) is 0. The number of nitrogens with zero attached hydrogens (tertiary/aromatic N) is 1. The van der Waals surface area contributed by atoms with E-state index in [0.717, 1.165) is 17.7 Å². The molecule has 3 nitrogen and oxygen atoms in total. The average Bonchev–Trinajstić information content (AvgIpc) is 3.18. The van der Waals surface area contributed by atoms with Crippen LogP contribution in [0.25, 0.3) is 0 Å². The molecule has 0 aliphatic heterocycles. The smallest absolute Gasteiger partial charge is 0.330 e. The summed E-state index contributed by atoms with van der Waals surface area (Å²) < 4.78 is 37.6. The zero-order valence-electron chi connectivity index (χ0n) is 11.0. The number of carbonyl (C=O) groups excluding carboxylic acids is 1. The van der Waals surface area contributed by atoms with Crippen LogP contribution < -0.4 is 5.73 Å². The SMILES string of the molecule is NCC1CCC(C(=O)N(CC(F)(F)F)C2CC2)CC1. The van der Waals surface area contributed by atoms with Crippen molar-refractivity contribution in [2.75, 3.05) is 13.1 Å². The Kier molecular flexibility index (Phi) is 4.38. The second-order valence-corrected chi connectivity index (χ2v) is 5.77. The van der Waals surface area contributed by atoms with E-state index in [0.29, 0.717) is 38.1 Å². The van der Waals surface area contributed by atoms with Crippen LogP contribution in [-0.2, 0) is 4.79 Å². The van der Waals surface area contributed by atoms with E-state index in [1.165, 1.54) is 0 Å². The third-order valence-electron chi connectivity index (χ3n) is 4.15. The fraction of sp³-hybridized carbons (Fsp3) is 0.923. The van der Waals surface area contributed by atoms with E-state index in [1.807, 2.05) is 0 Å². The minimum Gasteiger partial charge on any atom is -0.330 e. The van der Waals surface area contributed by atoms with Crippen LogP contribution in [0.3, 0.4) is 0 Å². The quantitative estimate of drug-likeness (QED) is 0.857. The van der Waals surface area contributed by atoms with Gasteiger partial charge in [-0.1, -0.05) is 0 Å². The van der Waals surface area contributed by atoms with Gasteiger partial charge in [0.1, 0.15) is 6.54 Å². The lowest BCUT2D eigenvalue weighted by atomic mass is 9.81. The second-order valence-electron chi connectivity index (χ2n) is 5.77. The molecule has 1 amide bonds. The molecule has 6 heteroatoms. The summed E-state index contributed by atoms with van der Waals surface area (Å²) in [6.45, 7) is -0.483. The molecule has 2 fully saturated rings. The molecule has 0 spiro atoms. The van der Waals surface area contributed by atoms with Crippen LogP contribution >= 0.6 is 0 Å². The number of amides is 1. The van der Waals surface area contributed by atoms with Gasteiger partial charge in [-0.3, -0.25) is 4.79 Å². The number of carbonyl (C=O) groups is 1. The van der Waals surface area contributed by atoms with Gasteiger partial charge < -0.3 is 10.6 Å². The number of alkyl halides is 3. The molecule has 0 unspecified atom stereocenters. The molecule has 2 N–H and O–H groups in total. The lowest BCUT2D eigenvalue weighted by molar-refractivity contribution is -0.165. The van der Waals surface area contributed by atoms with Gasteiger partial charge in [0.25, 0.3) is 0 Å². The number of nitrogens with two attached hydrogens (primary N) is 1. The summed E-state index contributed by atoms with van der Waals surface area (Å²) in [5.41, 5.74) is 5.58. The molecule has 2 rings (SSSR count). The van der Waals surface area contributed by atoms with E-state index in [4.69, 9.17) is 5.73 Å². The summed E-state index contributed by atoms with van der Waals surface area (Å²) in [6, 6.07) is -0.179. The van der Waals surface area contributed by atoms with Gasteiger partial charge in [0, 0.05) is 12.0 Å². The summed E-state index contributed by atoms with van der Waals surface area (Å²) in [5.74, 6) is -0.0953. The Morgan fingerprint density at radius 1 is 1.11 bits per heavy atom. The van der Waals surface area contributed by atoms with E-state index >= 15 is 0 Å². The monoisotopic (exact) mass is 278 g/mol. The molecule has 2 aliphatic rings. The molecule has 110 valence electrons. The number of hydrogen-bond acceptors (Lipinski definition) is 2. The van der Waals surface area contributed by atoms with Crippen molar-refractivity contribution in [3.05, 3.63) is 0 Å². The third kappa shape index (κ3) is 4.09. The Bertz CT molecular complexity index is 320. The van der Waals surface area contributed by atoms with Crippen molar-refractivity contribution >= 4 is 5.91 Å². The van der Waals surface area contributed by atoms with E-state index in [1.54, 1.807) is 0 Å². The van der Waals surface area contributed by atoms with Gasteiger partial charge in [-0.25, -0.2) is 0 Å². The van der Waals surface area contributed by atoms with E-state index < -0.39 is 12.7 Å². The molecule has 0 radical (unpaired) electrons. The van der Waals surface area contributed by atoms with Crippen LogP contribution in [0.1, 0.15) is 38.5 Å². The van der Waals surface area contributed by atoms with E-state index in [-0.39, 0.29) is 17.9 Å². The van der Waals surface area contributed by atoms with Gasteiger partial charge in [-0.15, -0.1) is 0 Å². The first-order chi connectivity index (χ1) is 8.90. The molecular weight excluding hydrogens is 257 g/mol. The standard InChI is InChI=1S/C13H21F3N2O/c14-13(15,16)8-18(11-5-6-11)12(19)10-3-1-9(7-17)2-4-10/h9-11H,1-8,17H2. The maximum atomic E-state index is 12.5. The fourth-order valence-corrected chi connectivity index (χ4v) is 2.85. The molecule has 0 atom stereocenters. The highest BCUT2D eigenvalue weighted by Gasteiger charge is 2.42. The summed E-state index contributed by atoms with van der Waals surface area (Å²) in [4.78, 5) is 13.3. The van der Waals surface area contributed by atoms with Crippen LogP contribution in [0.4, 0.5) is 13.2 Å². The van der Waals surface area contributed by atoms with Crippen molar-refractivity contribution in [3.63, 3.8) is 0 Å². The predicted octanol–water partition coefficient (Wildman–Crippen LogP) is 2.30. The molecule has 0 bridgehead atoms. The first-order valence-corrected chi connectivity index (χ1v) is 6.98. The Labute approximate surface area is 111 Å². The maximum absolute atomic E-state index is 12.5. The minimum atomic E-state index is -4.30. The topological polar surface area (TPSA) is 46.3 Å². The van der Waals surface area contributed by atoms with Crippen molar-refractivity contribution in [1.82, 2.24) is 4.90 Å². The Hall–Kier alpha value is -0.780. The molecule has 0 aromatic rings. The molecule has 19 heavy (non-hydrogen) atoms. The minimum absolute atomic E-state index is 0.179. The van der Waals surface area contributed by atoms with Crippen LogP contribution in [0.2, 0.25) is 0 Å². The van der Waals surface area contributed by atoms with Crippen LogP contribution in [0.5, 0.6) is 0 Å². The van der Waals surface area contributed by atoms with E-state index in [2.05, 4.69) is 0 Å². The number of rotatable bonds is 4. The summed E-state index contributed by atoms with van der Waals surface area (Å²) in [6.07, 6.45) is 0.199. The van der Waals surface area contributed by atoms with Gasteiger partial charge in [0.05, 0.1) is 0 Å². The molecule has 0 heterocycles. The summed E-state index contributed by atoms with van der Waals surface area (Å²) in [7, 11) is 0. The van der Waals surface area contributed by atoms with Gasteiger partial charge in [-0.05, 0) is 51.0 Å². The Morgan fingerprint density at radius 3 is 2.11 bits per heavy atom. The van der Waals surface area contributed by atoms with Crippen LogP contribution in [-0.4, -0.2) is 36.1 Å². The lowest BCUT2D eigenvalue weighted by Gasteiger charge is -2.32. The second kappa shape index (κ2) is 5.69. The highest BCUT2D eigenvalue weighted by atomic mass is 19.4. The van der Waals surface area contributed by atoms with Crippen LogP contribution in [0.15, 0.2) is 0 Å². The lowest BCUT2D eigenvalue weighted by Crippen LogP contribution is -2.44. The first-order valence-electron chi connectivity index (χ1n) is 6.98. The molecular formula is C13H21F3N2O. The van der Waals surface area contributed by atoms with Gasteiger partial charge in [0.15, 0.2) is 0 Å².